The van der Waals surface area contributed by atoms with Gasteiger partial charge in [0.05, 0.1) is 17.0 Å². The molecule has 0 aliphatic carbocycles. The molecule has 0 saturated carbocycles. The number of aliphatic hydroxyl groups excluding tert-OH is 1. The summed E-state index contributed by atoms with van der Waals surface area (Å²) in [4.78, 5) is 46.0. The van der Waals surface area contributed by atoms with Gasteiger partial charge in [-0.2, -0.15) is 0 Å². The van der Waals surface area contributed by atoms with E-state index in [0.29, 0.717) is 80.9 Å². The highest BCUT2D eigenvalue weighted by Gasteiger charge is 2.47. The molecule has 4 aliphatic heterocycles. The van der Waals surface area contributed by atoms with Crippen molar-refractivity contribution in [1.29, 1.82) is 0 Å². The number of rotatable bonds is 14. The van der Waals surface area contributed by atoms with Gasteiger partial charge >= 0.3 is 5.97 Å². The van der Waals surface area contributed by atoms with E-state index in [-0.39, 0.29) is 29.3 Å². The van der Waals surface area contributed by atoms with Crippen molar-refractivity contribution in [3.63, 3.8) is 0 Å². The smallest absolute Gasteiger partial charge is 0.317 e. The molecule has 5 aromatic rings. The van der Waals surface area contributed by atoms with E-state index in [0.717, 1.165) is 60.5 Å². The van der Waals surface area contributed by atoms with E-state index in [1.807, 2.05) is 83.8 Å². The average molecular weight is 785 g/mol. The highest BCUT2D eigenvalue weighted by molar-refractivity contribution is 5.87. The fourth-order valence-corrected chi connectivity index (χ4v) is 8.89. The van der Waals surface area contributed by atoms with Gasteiger partial charge in [0.2, 0.25) is 11.5 Å². The number of likely N-dealkylation sites (tertiary alicyclic amines) is 1. The summed E-state index contributed by atoms with van der Waals surface area (Å²) in [6, 6.07) is 32.1. The van der Waals surface area contributed by atoms with E-state index in [9.17, 15) is 24.6 Å². The number of aromatic nitrogens is 1. The fourth-order valence-electron chi connectivity index (χ4n) is 8.89. The van der Waals surface area contributed by atoms with E-state index < -0.39 is 11.5 Å². The summed E-state index contributed by atoms with van der Waals surface area (Å²) < 4.78 is 12.4. The van der Waals surface area contributed by atoms with Crippen molar-refractivity contribution in [2.45, 2.75) is 69.3 Å². The molecule has 2 atom stereocenters. The second-order valence-corrected chi connectivity index (χ2v) is 16.1. The number of hydrogen-bond acceptors (Lipinski definition) is 9. The molecule has 9 rings (SSSR count). The minimum absolute atomic E-state index is 0.0390. The monoisotopic (exact) mass is 784 g/mol. The number of ether oxygens (including phenoxy) is 2. The molecule has 0 spiro atoms. The summed E-state index contributed by atoms with van der Waals surface area (Å²) >= 11 is 0. The van der Waals surface area contributed by atoms with Crippen molar-refractivity contribution in [2.24, 2.45) is 5.92 Å². The number of nitrogens with one attached hydrogen (secondary N) is 2. The van der Waals surface area contributed by atoms with Gasteiger partial charge in [-0.1, -0.05) is 72.8 Å². The number of piperidine rings is 4. The van der Waals surface area contributed by atoms with Gasteiger partial charge in [0.25, 0.3) is 0 Å². The van der Waals surface area contributed by atoms with Crippen molar-refractivity contribution in [1.82, 2.24) is 20.1 Å². The van der Waals surface area contributed by atoms with Crippen LogP contribution in [0.2, 0.25) is 0 Å². The molecule has 1 aromatic heterocycles. The topological polar surface area (TPSA) is 144 Å². The molecule has 0 radical (unpaired) electrons. The highest BCUT2D eigenvalue weighted by atomic mass is 16.5. The molecule has 11 nitrogen and oxygen atoms in total. The summed E-state index contributed by atoms with van der Waals surface area (Å²) in [6.07, 6.45) is 3.45. The Hall–Kier alpha value is -5.49. The zero-order valence-corrected chi connectivity index (χ0v) is 32.8. The number of fused-ring (bicyclic) bond motifs is 4. The maximum atomic E-state index is 14.0. The third kappa shape index (κ3) is 8.82. The van der Waals surface area contributed by atoms with Gasteiger partial charge < -0.3 is 34.9 Å². The number of nitrogens with zero attached hydrogens (tertiary/aromatic N) is 2. The molecule has 302 valence electrons. The molecule has 4 N–H and O–H groups in total. The maximum Gasteiger partial charge on any atom is 0.317 e. The van der Waals surface area contributed by atoms with Crippen LogP contribution in [0.3, 0.4) is 0 Å². The van der Waals surface area contributed by atoms with Crippen molar-refractivity contribution in [2.75, 3.05) is 39.3 Å². The van der Waals surface area contributed by atoms with Crippen molar-refractivity contribution in [3.05, 3.63) is 141 Å². The zero-order chi connectivity index (χ0) is 40.1. The van der Waals surface area contributed by atoms with E-state index in [1.165, 1.54) is 12.1 Å². The first-order valence-corrected chi connectivity index (χ1v) is 20.5. The molecule has 4 fully saturated rings. The Morgan fingerprint density at radius 3 is 2.26 bits per heavy atom. The third-order valence-corrected chi connectivity index (χ3v) is 12.5. The van der Waals surface area contributed by atoms with E-state index in [2.05, 4.69) is 15.2 Å². The number of aryl methyl sites for hydroxylation is 1. The number of carbonyl (C=O) groups excluding carboxylic acids is 2. The van der Waals surface area contributed by atoms with Gasteiger partial charge in [-0.25, -0.2) is 0 Å². The van der Waals surface area contributed by atoms with Crippen molar-refractivity contribution in [3.8, 4) is 11.5 Å². The van der Waals surface area contributed by atoms with E-state index >= 15 is 0 Å². The number of aliphatic hydroxyl groups is 1. The minimum Gasteiger partial charge on any atom is -0.506 e. The van der Waals surface area contributed by atoms with Crippen LogP contribution in [0.1, 0.15) is 66.0 Å². The summed E-state index contributed by atoms with van der Waals surface area (Å²) in [6.45, 7) is 5.33. The molecule has 2 bridgehead atoms. The first-order chi connectivity index (χ1) is 28.2. The first-order valence-electron chi connectivity index (χ1n) is 20.5. The lowest BCUT2D eigenvalue weighted by Crippen LogP contribution is -2.55. The quantitative estimate of drug-likeness (QED) is 0.103. The number of pyridine rings is 1. The number of aromatic hydroxyl groups is 1. The van der Waals surface area contributed by atoms with E-state index in [4.69, 9.17) is 9.47 Å². The van der Waals surface area contributed by atoms with Crippen LogP contribution in [0.5, 0.6) is 11.5 Å². The first kappa shape index (κ1) is 39.3. The van der Waals surface area contributed by atoms with Crippen LogP contribution in [0.15, 0.2) is 108 Å². The highest BCUT2D eigenvalue weighted by Crippen LogP contribution is 2.39. The lowest BCUT2D eigenvalue weighted by molar-refractivity contribution is -0.168. The molecule has 4 aromatic carbocycles. The number of hydrogen-bond donors (Lipinski definition) is 4. The number of aromatic amines is 1. The molecule has 58 heavy (non-hydrogen) atoms. The molecule has 11 heteroatoms. The number of phenolic OH excluding ortho intramolecular Hbond substituents is 1. The largest absolute Gasteiger partial charge is 0.506 e. The fraction of sp³-hybridized carbons (Fsp3) is 0.383. The maximum absolute atomic E-state index is 14.0. The molecule has 5 heterocycles. The second kappa shape index (κ2) is 17.6. The average Bonchev–Trinajstić information content (AvgIpc) is 3.26. The van der Waals surface area contributed by atoms with Crippen LogP contribution in [-0.2, 0) is 39.3 Å². The van der Waals surface area contributed by atoms with Crippen LogP contribution in [0, 0.1) is 5.92 Å². The third-order valence-electron chi connectivity index (χ3n) is 12.5. The number of benzene rings is 4. The summed E-state index contributed by atoms with van der Waals surface area (Å²) in [5, 5.41) is 24.8. The number of H-pyrrole nitrogens is 1. The normalized spacial score (nSPS) is 20.4. The van der Waals surface area contributed by atoms with Crippen LogP contribution in [-0.4, -0.2) is 82.2 Å². The van der Waals surface area contributed by atoms with Crippen molar-refractivity contribution < 1.29 is 29.3 Å². The van der Waals surface area contributed by atoms with Crippen LogP contribution in [0.25, 0.3) is 10.9 Å². The molecule has 4 aliphatic rings. The predicted molar refractivity (Wildman–Crippen MR) is 221 cm³/mol. The van der Waals surface area contributed by atoms with Gasteiger partial charge in [0.15, 0.2) is 0 Å². The molecule has 2 unspecified atom stereocenters. The molecular weight excluding hydrogens is 733 g/mol. The van der Waals surface area contributed by atoms with Gasteiger partial charge in [0, 0.05) is 50.6 Å². The number of esters is 1. The Kier molecular flexibility index (Phi) is 11.9. The zero-order valence-electron chi connectivity index (χ0n) is 32.8. The molecule has 4 saturated heterocycles. The Balaban J connectivity index is 0.772. The summed E-state index contributed by atoms with van der Waals surface area (Å²) in [5.41, 5.74) is 4.00. The summed E-state index contributed by atoms with van der Waals surface area (Å²) in [5.74, 6) is 1.13. The van der Waals surface area contributed by atoms with Gasteiger partial charge in [-0.3, -0.25) is 19.3 Å². The number of amides is 1. The summed E-state index contributed by atoms with van der Waals surface area (Å²) in [7, 11) is 0. The minimum atomic E-state index is -0.831. The lowest BCUT2D eigenvalue weighted by Gasteiger charge is -2.46. The number of carbonyl (C=O) groups is 2. The SMILES string of the molecule is O=C(CCc1ccc(OCc2ccc(CNCC(O)c3ccc(O)c4[nH]c(=O)ccc34)cc2)cc1)N1CCC(C(=O)OC2CN3CCC2CC3)(c2ccccc2)CC1. The second-order valence-electron chi connectivity index (χ2n) is 16.1. The Labute approximate surface area is 338 Å². The van der Waals surface area contributed by atoms with E-state index in [1.54, 1.807) is 12.1 Å². The molecule has 1 amide bonds. The lowest BCUT2D eigenvalue weighted by atomic mass is 9.72. The van der Waals surface area contributed by atoms with Crippen molar-refractivity contribution >= 4 is 22.8 Å². The van der Waals surface area contributed by atoms with Crippen LogP contribution >= 0.6 is 0 Å². The van der Waals surface area contributed by atoms with Crippen LogP contribution < -0.4 is 15.6 Å². The predicted octanol–water partition coefficient (Wildman–Crippen LogP) is 5.77. The van der Waals surface area contributed by atoms with Gasteiger partial charge in [-0.05, 0) is 103 Å². The Morgan fingerprint density at radius 1 is 0.845 bits per heavy atom. The van der Waals surface area contributed by atoms with Gasteiger partial charge in [-0.15, -0.1) is 0 Å². The Morgan fingerprint density at radius 2 is 1.55 bits per heavy atom. The molecular formula is C47H52N4O7. The Bertz CT molecular complexity index is 2240. The standard InChI is InChI=1S/C47H52N4O7/c52-40-17-15-38(39-16-18-43(54)49-45(39)40)41(53)29-48-28-33-6-8-34(9-7-33)31-57-37-13-10-32(11-14-37)12-19-44(55)51-26-22-47(23-27-51,36-4-2-1-3-5-36)46(56)58-42-30-50-24-20-35(42)21-25-50/h1-11,13-18,35,41-42,48,52-53H,12,19-31H2,(H,49,54). The van der Waals surface area contributed by atoms with Gasteiger partial charge in [0.1, 0.15) is 24.2 Å². The number of phenols is 1. The van der Waals surface area contributed by atoms with Crippen LogP contribution in [0.4, 0.5) is 0 Å².